The quantitative estimate of drug-likeness (QED) is 0.585. The van der Waals surface area contributed by atoms with Gasteiger partial charge >= 0.3 is 0 Å². The van der Waals surface area contributed by atoms with Gasteiger partial charge in [-0.25, -0.2) is 4.39 Å². The standard InChI is InChI=1S/C4H7BrClF/c1-4(7,2-5)3-6/h2-3H2,1H3. The van der Waals surface area contributed by atoms with Crippen molar-refractivity contribution in [2.24, 2.45) is 0 Å². The van der Waals surface area contributed by atoms with E-state index < -0.39 is 5.67 Å². The Morgan fingerprint density at radius 1 is 1.86 bits per heavy atom. The van der Waals surface area contributed by atoms with Gasteiger partial charge in [0, 0.05) is 5.33 Å². The fourth-order valence-corrected chi connectivity index (χ4v) is 0.557. The molecule has 0 fully saturated rings. The average Bonchev–Trinajstić information content (AvgIpc) is 1.68. The molecule has 0 saturated heterocycles. The maximum atomic E-state index is 12.4. The minimum atomic E-state index is -1.23. The molecule has 0 aromatic rings. The van der Waals surface area contributed by atoms with Crippen LogP contribution in [0.2, 0.25) is 0 Å². The molecule has 0 aliphatic carbocycles. The van der Waals surface area contributed by atoms with Crippen LogP contribution in [0.15, 0.2) is 0 Å². The van der Waals surface area contributed by atoms with E-state index in [-0.39, 0.29) is 5.88 Å². The lowest BCUT2D eigenvalue weighted by atomic mass is 10.2. The molecule has 0 bridgehead atoms. The van der Waals surface area contributed by atoms with Crippen molar-refractivity contribution in [1.29, 1.82) is 0 Å². The molecule has 0 aromatic carbocycles. The van der Waals surface area contributed by atoms with Gasteiger partial charge in [-0.3, -0.25) is 0 Å². The summed E-state index contributed by atoms with van der Waals surface area (Å²) in [4.78, 5) is 0. The first-order valence-corrected chi connectivity index (χ1v) is 3.59. The van der Waals surface area contributed by atoms with Crippen molar-refractivity contribution in [3.05, 3.63) is 0 Å². The molecular weight excluding hydrogens is 182 g/mol. The molecule has 0 rings (SSSR count). The van der Waals surface area contributed by atoms with Crippen LogP contribution in [0.4, 0.5) is 4.39 Å². The first-order valence-electron chi connectivity index (χ1n) is 1.93. The second-order valence-electron chi connectivity index (χ2n) is 1.68. The minimum absolute atomic E-state index is 0.0538. The summed E-state index contributed by atoms with van der Waals surface area (Å²) in [5, 5.41) is 0.309. The Kier molecular flexibility index (Phi) is 3.16. The number of alkyl halides is 3. The zero-order valence-electron chi connectivity index (χ0n) is 4.05. The molecule has 1 unspecified atom stereocenters. The van der Waals surface area contributed by atoms with Crippen LogP contribution >= 0.6 is 27.5 Å². The van der Waals surface area contributed by atoms with Crippen molar-refractivity contribution in [3.63, 3.8) is 0 Å². The second kappa shape index (κ2) is 2.88. The Labute approximate surface area is 56.2 Å². The highest BCUT2D eigenvalue weighted by Gasteiger charge is 2.18. The Morgan fingerprint density at radius 3 is 2.29 bits per heavy atom. The Balaban J connectivity index is 3.36. The van der Waals surface area contributed by atoms with E-state index in [2.05, 4.69) is 15.9 Å². The van der Waals surface area contributed by atoms with Gasteiger partial charge in [0.1, 0.15) is 5.67 Å². The van der Waals surface area contributed by atoms with E-state index in [1.165, 1.54) is 6.92 Å². The van der Waals surface area contributed by atoms with E-state index in [4.69, 9.17) is 11.6 Å². The van der Waals surface area contributed by atoms with Gasteiger partial charge in [-0.05, 0) is 6.92 Å². The summed E-state index contributed by atoms with van der Waals surface area (Å²) in [5.41, 5.74) is -1.23. The van der Waals surface area contributed by atoms with E-state index in [9.17, 15) is 4.39 Å². The highest BCUT2D eigenvalue weighted by molar-refractivity contribution is 9.09. The van der Waals surface area contributed by atoms with Crippen LogP contribution in [-0.4, -0.2) is 16.9 Å². The molecule has 0 N–H and O–H groups in total. The van der Waals surface area contributed by atoms with E-state index in [0.29, 0.717) is 5.33 Å². The molecule has 1 atom stereocenters. The van der Waals surface area contributed by atoms with Crippen molar-refractivity contribution in [2.75, 3.05) is 11.2 Å². The maximum Gasteiger partial charge on any atom is 0.131 e. The lowest BCUT2D eigenvalue weighted by Crippen LogP contribution is -2.21. The first-order chi connectivity index (χ1) is 3.12. The van der Waals surface area contributed by atoms with Crippen LogP contribution in [0.5, 0.6) is 0 Å². The van der Waals surface area contributed by atoms with E-state index >= 15 is 0 Å². The SMILES string of the molecule is CC(F)(CCl)CBr. The van der Waals surface area contributed by atoms with E-state index in [0.717, 1.165) is 0 Å². The maximum absolute atomic E-state index is 12.4. The van der Waals surface area contributed by atoms with Crippen LogP contribution in [0.25, 0.3) is 0 Å². The topological polar surface area (TPSA) is 0 Å². The molecule has 0 nitrogen and oxygen atoms in total. The van der Waals surface area contributed by atoms with Gasteiger partial charge in [-0.1, -0.05) is 15.9 Å². The number of rotatable bonds is 2. The lowest BCUT2D eigenvalue weighted by Gasteiger charge is -2.10. The van der Waals surface area contributed by atoms with Crippen LogP contribution in [0.3, 0.4) is 0 Å². The van der Waals surface area contributed by atoms with Crippen molar-refractivity contribution in [2.45, 2.75) is 12.6 Å². The van der Waals surface area contributed by atoms with Crippen LogP contribution < -0.4 is 0 Å². The summed E-state index contributed by atoms with van der Waals surface area (Å²) >= 11 is 8.16. The molecule has 0 saturated carbocycles. The summed E-state index contributed by atoms with van der Waals surface area (Å²) in [6.45, 7) is 1.45. The molecule has 0 radical (unpaired) electrons. The van der Waals surface area contributed by atoms with Gasteiger partial charge < -0.3 is 0 Å². The number of hydrogen-bond acceptors (Lipinski definition) is 0. The summed E-state index contributed by atoms with van der Waals surface area (Å²) in [5.74, 6) is 0.0538. The van der Waals surface area contributed by atoms with Gasteiger partial charge in [0.25, 0.3) is 0 Å². The molecule has 0 amide bonds. The average molecular weight is 189 g/mol. The number of hydrogen-bond donors (Lipinski definition) is 0. The zero-order valence-corrected chi connectivity index (χ0v) is 6.39. The molecule has 0 aliphatic rings. The first kappa shape index (κ1) is 7.70. The summed E-state index contributed by atoms with van der Waals surface area (Å²) in [6.07, 6.45) is 0. The molecule has 0 heterocycles. The Bertz CT molecular complexity index is 49.7. The molecule has 44 valence electrons. The van der Waals surface area contributed by atoms with Gasteiger partial charge in [0.05, 0.1) is 5.88 Å². The summed E-state index contributed by atoms with van der Waals surface area (Å²) < 4.78 is 12.4. The van der Waals surface area contributed by atoms with E-state index in [1.807, 2.05) is 0 Å². The van der Waals surface area contributed by atoms with Gasteiger partial charge in [0.2, 0.25) is 0 Å². The third kappa shape index (κ3) is 3.30. The molecule has 3 heteroatoms. The van der Waals surface area contributed by atoms with Crippen LogP contribution in [0.1, 0.15) is 6.92 Å². The van der Waals surface area contributed by atoms with Gasteiger partial charge in [-0.2, -0.15) is 0 Å². The molecular formula is C4H7BrClF. The van der Waals surface area contributed by atoms with E-state index in [1.54, 1.807) is 0 Å². The predicted octanol–water partition coefficient (Wildman–Crippen LogP) is 2.35. The Hall–Kier alpha value is 0.700. The van der Waals surface area contributed by atoms with Crippen LogP contribution in [-0.2, 0) is 0 Å². The fourth-order valence-electron chi connectivity index (χ4n) is 0.0357. The molecule has 7 heavy (non-hydrogen) atoms. The van der Waals surface area contributed by atoms with Crippen LogP contribution in [0, 0.1) is 0 Å². The lowest BCUT2D eigenvalue weighted by molar-refractivity contribution is 0.259. The van der Waals surface area contributed by atoms with Gasteiger partial charge in [-0.15, -0.1) is 11.6 Å². The van der Waals surface area contributed by atoms with Crippen molar-refractivity contribution in [3.8, 4) is 0 Å². The monoisotopic (exact) mass is 188 g/mol. The van der Waals surface area contributed by atoms with Crippen molar-refractivity contribution < 1.29 is 4.39 Å². The largest absolute Gasteiger partial charge is 0.242 e. The number of halogens is 3. The highest BCUT2D eigenvalue weighted by atomic mass is 79.9. The smallest absolute Gasteiger partial charge is 0.131 e. The fraction of sp³-hybridized carbons (Fsp3) is 1.00. The van der Waals surface area contributed by atoms with Crippen molar-refractivity contribution in [1.82, 2.24) is 0 Å². The molecule has 0 spiro atoms. The third-order valence-corrected chi connectivity index (χ3v) is 2.28. The zero-order chi connectivity index (χ0) is 5.91. The predicted molar refractivity (Wildman–Crippen MR) is 34.0 cm³/mol. The summed E-state index contributed by atoms with van der Waals surface area (Å²) in [7, 11) is 0. The second-order valence-corrected chi connectivity index (χ2v) is 2.51. The van der Waals surface area contributed by atoms with Gasteiger partial charge in [0.15, 0.2) is 0 Å². The molecule has 0 aromatic heterocycles. The third-order valence-electron chi connectivity index (χ3n) is 0.557. The van der Waals surface area contributed by atoms with Crippen molar-refractivity contribution >= 4 is 27.5 Å². The highest BCUT2D eigenvalue weighted by Crippen LogP contribution is 2.14. The normalized spacial score (nSPS) is 18.9. The Morgan fingerprint density at radius 2 is 2.29 bits per heavy atom. The summed E-state index contributed by atoms with van der Waals surface area (Å²) in [6, 6.07) is 0. The molecule has 0 aliphatic heterocycles. The minimum Gasteiger partial charge on any atom is -0.242 e.